The van der Waals surface area contributed by atoms with Crippen molar-refractivity contribution in [1.82, 2.24) is 9.38 Å². The van der Waals surface area contributed by atoms with Gasteiger partial charge in [-0.25, -0.2) is 0 Å². The van der Waals surface area contributed by atoms with Crippen LogP contribution in [0.25, 0.3) is 27.3 Å². The Labute approximate surface area is 168 Å². The van der Waals surface area contributed by atoms with Crippen molar-refractivity contribution in [2.75, 3.05) is 0 Å². The second-order valence-electron chi connectivity index (χ2n) is 7.56. The predicted molar refractivity (Wildman–Crippen MR) is 104 cm³/mol. The van der Waals surface area contributed by atoms with E-state index in [-0.39, 0.29) is 20.1 Å². The van der Waals surface area contributed by atoms with Gasteiger partial charge in [0.25, 0.3) is 0 Å². The minimum absolute atomic E-state index is 0. The molecule has 0 unspecified atom stereocenters. The molecule has 1 aliphatic carbocycles. The third-order valence-electron chi connectivity index (χ3n) is 5.85. The zero-order chi connectivity index (χ0) is 17.0. The SMILES string of the molecule is Cc1ccc2c3ccc[c-]c3c3nc(C)c(C4CCCCC4)n3c2c1.[Ir]. The number of hydrogen-bond donors (Lipinski definition) is 0. The number of aryl methyl sites for hydroxylation is 2. The molecule has 2 nitrogen and oxygen atoms in total. The number of nitrogens with zero attached hydrogens (tertiary/aromatic N) is 2. The Morgan fingerprint density at radius 1 is 1.04 bits per heavy atom. The van der Waals surface area contributed by atoms with Gasteiger partial charge in [0.2, 0.25) is 0 Å². The molecule has 2 heterocycles. The zero-order valence-corrected chi connectivity index (χ0v) is 17.7. The summed E-state index contributed by atoms with van der Waals surface area (Å²) in [4.78, 5) is 5.03. The Morgan fingerprint density at radius 2 is 1.85 bits per heavy atom. The van der Waals surface area contributed by atoms with Crippen LogP contribution in [-0.2, 0) is 20.1 Å². The minimum Gasteiger partial charge on any atom is -0.337 e. The first-order valence-electron chi connectivity index (χ1n) is 9.46. The molecule has 1 aliphatic rings. The molecule has 4 aromatic rings. The second-order valence-corrected chi connectivity index (χ2v) is 7.56. The van der Waals surface area contributed by atoms with Crippen LogP contribution in [0, 0.1) is 19.9 Å². The molecule has 0 amide bonds. The van der Waals surface area contributed by atoms with E-state index in [4.69, 9.17) is 4.98 Å². The molecule has 0 N–H and O–H groups in total. The quantitative estimate of drug-likeness (QED) is 0.219. The first-order chi connectivity index (χ1) is 12.2. The summed E-state index contributed by atoms with van der Waals surface area (Å²) in [5, 5.41) is 3.70. The van der Waals surface area contributed by atoms with Gasteiger partial charge >= 0.3 is 0 Å². The number of hydrogen-bond acceptors (Lipinski definition) is 1. The van der Waals surface area contributed by atoms with Crippen LogP contribution in [0.4, 0.5) is 0 Å². The molecule has 1 saturated carbocycles. The molecule has 1 fully saturated rings. The Hall–Kier alpha value is -1.70. The largest absolute Gasteiger partial charge is 0.337 e. The van der Waals surface area contributed by atoms with Gasteiger partial charge in [0.05, 0.1) is 5.65 Å². The Kier molecular flexibility index (Phi) is 4.62. The molecule has 3 heteroatoms. The standard InChI is InChI=1S/C23H23N2.Ir/c1-15-12-13-19-18-10-6-7-11-20(18)23-24-16(2)22(25(23)21(19)14-15)17-8-4-3-5-9-17;/h6-7,10,12-14,17H,3-5,8-9H2,1-2H3;/q-1;. The molecule has 135 valence electrons. The monoisotopic (exact) mass is 520 g/mol. The number of benzene rings is 2. The molecule has 0 bridgehead atoms. The second kappa shape index (κ2) is 6.79. The van der Waals surface area contributed by atoms with Crippen molar-refractivity contribution in [1.29, 1.82) is 0 Å². The summed E-state index contributed by atoms with van der Waals surface area (Å²) >= 11 is 0. The van der Waals surface area contributed by atoms with Gasteiger partial charge in [-0.05, 0) is 43.7 Å². The topological polar surface area (TPSA) is 17.3 Å². The van der Waals surface area contributed by atoms with E-state index in [0.717, 1.165) is 11.0 Å². The Morgan fingerprint density at radius 3 is 2.65 bits per heavy atom. The van der Waals surface area contributed by atoms with Crippen LogP contribution < -0.4 is 0 Å². The molecule has 2 aromatic carbocycles. The van der Waals surface area contributed by atoms with Crippen LogP contribution in [-0.4, -0.2) is 9.38 Å². The number of fused-ring (bicyclic) bond motifs is 6. The molecule has 0 spiro atoms. The van der Waals surface area contributed by atoms with Gasteiger partial charge in [0, 0.05) is 42.9 Å². The van der Waals surface area contributed by atoms with Crippen LogP contribution in [0.2, 0.25) is 0 Å². The van der Waals surface area contributed by atoms with Gasteiger partial charge in [0.15, 0.2) is 0 Å². The van der Waals surface area contributed by atoms with Crippen LogP contribution in [0.3, 0.4) is 0 Å². The van der Waals surface area contributed by atoms with Crippen LogP contribution >= 0.6 is 0 Å². The van der Waals surface area contributed by atoms with E-state index in [9.17, 15) is 0 Å². The van der Waals surface area contributed by atoms with Crippen LogP contribution in [0.1, 0.15) is 55.0 Å². The molecule has 1 radical (unpaired) electrons. The summed E-state index contributed by atoms with van der Waals surface area (Å²) < 4.78 is 2.45. The van der Waals surface area contributed by atoms with Gasteiger partial charge in [0.1, 0.15) is 0 Å². The van der Waals surface area contributed by atoms with E-state index in [0.29, 0.717) is 5.92 Å². The van der Waals surface area contributed by atoms with E-state index in [1.807, 2.05) is 6.07 Å². The fraction of sp³-hybridized carbons (Fsp3) is 0.348. The normalized spacial score (nSPS) is 15.6. The Balaban J connectivity index is 0.00000168. The van der Waals surface area contributed by atoms with Crippen molar-refractivity contribution in [2.45, 2.75) is 51.9 Å². The van der Waals surface area contributed by atoms with Gasteiger partial charge in [-0.3, -0.25) is 4.98 Å². The summed E-state index contributed by atoms with van der Waals surface area (Å²) in [5.74, 6) is 0.633. The fourth-order valence-corrected chi connectivity index (χ4v) is 4.71. The Bertz CT molecular complexity index is 1100. The molecule has 0 aliphatic heterocycles. The summed E-state index contributed by atoms with van der Waals surface area (Å²) in [6.45, 7) is 4.37. The number of aromatic nitrogens is 2. The van der Waals surface area contributed by atoms with Gasteiger partial charge in [-0.15, -0.1) is 29.7 Å². The van der Waals surface area contributed by atoms with Gasteiger partial charge in [-0.2, -0.15) is 0 Å². The van der Waals surface area contributed by atoms with Crippen molar-refractivity contribution in [2.24, 2.45) is 0 Å². The molecule has 0 atom stereocenters. The minimum atomic E-state index is 0. The maximum Gasteiger partial charge on any atom is 0.0614 e. The molecule has 0 saturated heterocycles. The molecular formula is C23H23IrN2-. The third-order valence-corrected chi connectivity index (χ3v) is 5.85. The van der Waals surface area contributed by atoms with E-state index in [1.54, 1.807) is 0 Å². The van der Waals surface area contributed by atoms with Crippen molar-refractivity contribution in [3.8, 4) is 0 Å². The maximum absolute atomic E-state index is 5.03. The molecular weight excluding hydrogens is 496 g/mol. The first kappa shape index (κ1) is 17.7. The molecule has 5 rings (SSSR count). The molecule has 2 aromatic heterocycles. The van der Waals surface area contributed by atoms with Crippen molar-refractivity contribution < 1.29 is 20.1 Å². The average Bonchev–Trinajstić information content (AvgIpc) is 3.00. The third kappa shape index (κ3) is 2.61. The van der Waals surface area contributed by atoms with Crippen LogP contribution in [0.5, 0.6) is 0 Å². The van der Waals surface area contributed by atoms with E-state index in [1.165, 1.54) is 65.3 Å². The van der Waals surface area contributed by atoms with Crippen molar-refractivity contribution in [3.05, 3.63) is 59.4 Å². The zero-order valence-electron chi connectivity index (χ0n) is 15.3. The maximum atomic E-state index is 5.03. The van der Waals surface area contributed by atoms with Crippen LogP contribution in [0.15, 0.2) is 36.4 Å². The van der Waals surface area contributed by atoms with Crippen molar-refractivity contribution in [3.63, 3.8) is 0 Å². The summed E-state index contributed by atoms with van der Waals surface area (Å²) in [7, 11) is 0. The van der Waals surface area contributed by atoms with Gasteiger partial charge in [-0.1, -0.05) is 36.8 Å². The predicted octanol–water partition coefficient (Wildman–Crippen LogP) is 6.10. The van der Waals surface area contributed by atoms with Gasteiger partial charge < -0.3 is 4.40 Å². The van der Waals surface area contributed by atoms with E-state index < -0.39 is 0 Å². The summed E-state index contributed by atoms with van der Waals surface area (Å²) in [6, 6.07) is 16.5. The van der Waals surface area contributed by atoms with E-state index in [2.05, 4.69) is 54.6 Å². The molecule has 26 heavy (non-hydrogen) atoms. The summed E-state index contributed by atoms with van der Waals surface area (Å²) in [5.41, 5.74) is 6.30. The number of imidazole rings is 1. The number of rotatable bonds is 1. The van der Waals surface area contributed by atoms with Crippen molar-refractivity contribution >= 4 is 27.3 Å². The number of pyridine rings is 1. The fourth-order valence-electron chi connectivity index (χ4n) is 4.71. The average molecular weight is 520 g/mol. The smallest absolute Gasteiger partial charge is 0.0614 e. The first-order valence-corrected chi connectivity index (χ1v) is 9.46. The summed E-state index contributed by atoms with van der Waals surface area (Å²) in [6.07, 6.45) is 6.64. The van der Waals surface area contributed by atoms with E-state index >= 15 is 0 Å².